The van der Waals surface area contributed by atoms with Gasteiger partial charge in [0.15, 0.2) is 0 Å². The fourth-order valence-electron chi connectivity index (χ4n) is 3.44. The van der Waals surface area contributed by atoms with E-state index in [1.165, 1.54) is 12.5 Å². The van der Waals surface area contributed by atoms with Crippen molar-refractivity contribution in [2.45, 2.75) is 63.6 Å². The predicted molar refractivity (Wildman–Crippen MR) is 91.3 cm³/mol. The summed E-state index contributed by atoms with van der Waals surface area (Å²) in [5, 5.41) is 15.7. The number of fused-ring (bicyclic) bond motifs is 1. The number of carbonyl (C=O) groups excluding carboxylic acids is 2. The van der Waals surface area contributed by atoms with Crippen LogP contribution in [-0.2, 0) is 9.59 Å². The fourth-order valence-corrected chi connectivity index (χ4v) is 3.44. The molecule has 3 rings (SSSR count). The quantitative estimate of drug-likeness (QED) is 0.773. The van der Waals surface area contributed by atoms with Crippen molar-refractivity contribution in [2.24, 2.45) is 5.92 Å². The molecule has 1 saturated carbocycles. The average molecular weight is 330 g/mol. The molecule has 2 aliphatic carbocycles. The molecule has 1 aromatic rings. The Kier molecular flexibility index (Phi) is 4.90. The highest BCUT2D eigenvalue weighted by molar-refractivity contribution is 5.90. The first-order chi connectivity index (χ1) is 11.5. The van der Waals surface area contributed by atoms with Crippen LogP contribution in [0.3, 0.4) is 0 Å². The van der Waals surface area contributed by atoms with Crippen molar-refractivity contribution < 1.29 is 14.7 Å². The van der Waals surface area contributed by atoms with Crippen LogP contribution in [0.5, 0.6) is 0 Å². The zero-order chi connectivity index (χ0) is 17.3. The van der Waals surface area contributed by atoms with E-state index in [0.29, 0.717) is 5.92 Å². The number of hydrogen-bond acceptors (Lipinski definition) is 3. The van der Waals surface area contributed by atoms with E-state index in [0.717, 1.165) is 31.2 Å². The minimum atomic E-state index is -0.926. The van der Waals surface area contributed by atoms with Crippen LogP contribution in [0, 0.1) is 5.92 Å². The highest BCUT2D eigenvalue weighted by Gasteiger charge is 2.35. The van der Waals surface area contributed by atoms with Gasteiger partial charge in [-0.25, -0.2) is 0 Å². The van der Waals surface area contributed by atoms with E-state index in [1.807, 2.05) is 12.1 Å². The summed E-state index contributed by atoms with van der Waals surface area (Å²) in [6, 6.07) is 7.20. The van der Waals surface area contributed by atoms with E-state index >= 15 is 0 Å². The van der Waals surface area contributed by atoms with Crippen LogP contribution >= 0.6 is 0 Å². The van der Waals surface area contributed by atoms with Crippen LogP contribution in [0.4, 0.5) is 0 Å². The summed E-state index contributed by atoms with van der Waals surface area (Å²) >= 11 is 0. The van der Waals surface area contributed by atoms with Crippen LogP contribution in [0.15, 0.2) is 24.3 Å². The molecule has 0 saturated heterocycles. The monoisotopic (exact) mass is 330 g/mol. The summed E-state index contributed by atoms with van der Waals surface area (Å²) < 4.78 is 0. The maximum atomic E-state index is 12.6. The first-order valence-electron chi connectivity index (χ1n) is 8.85. The molecule has 0 aliphatic heterocycles. The van der Waals surface area contributed by atoms with Crippen molar-refractivity contribution in [3.63, 3.8) is 0 Å². The molecule has 130 valence electrons. The molecule has 2 aliphatic rings. The molecule has 5 heteroatoms. The number of hydrogen-bond donors (Lipinski definition) is 3. The third kappa shape index (κ3) is 3.61. The van der Waals surface area contributed by atoms with E-state index in [1.54, 1.807) is 0 Å². The average Bonchev–Trinajstić information content (AvgIpc) is 3.40. The molecule has 0 bridgehead atoms. The molecule has 4 atom stereocenters. The number of benzene rings is 1. The highest BCUT2D eigenvalue weighted by atomic mass is 16.3. The Morgan fingerprint density at radius 1 is 1.12 bits per heavy atom. The van der Waals surface area contributed by atoms with Gasteiger partial charge in [-0.3, -0.25) is 9.59 Å². The van der Waals surface area contributed by atoms with Crippen molar-refractivity contribution in [2.75, 3.05) is 0 Å². The minimum absolute atomic E-state index is 0.00954. The fraction of sp³-hybridized carbons (Fsp3) is 0.579. The summed E-state index contributed by atoms with van der Waals surface area (Å²) in [5.41, 5.74) is 2.41. The van der Waals surface area contributed by atoms with Crippen LogP contribution in [-0.4, -0.2) is 29.1 Å². The van der Waals surface area contributed by atoms with E-state index < -0.39 is 12.1 Å². The Balaban J connectivity index is 1.70. The van der Waals surface area contributed by atoms with Crippen molar-refractivity contribution in [1.82, 2.24) is 10.6 Å². The van der Waals surface area contributed by atoms with Gasteiger partial charge in [-0.15, -0.1) is 0 Å². The molecule has 2 amide bonds. The van der Waals surface area contributed by atoms with Gasteiger partial charge in [0.2, 0.25) is 11.8 Å². The highest BCUT2D eigenvalue weighted by Crippen LogP contribution is 2.37. The number of nitrogens with one attached hydrogen (secondary N) is 2. The molecule has 5 nitrogen and oxygen atoms in total. The van der Waals surface area contributed by atoms with Crippen molar-refractivity contribution in [1.29, 1.82) is 0 Å². The van der Waals surface area contributed by atoms with Crippen molar-refractivity contribution >= 4 is 11.8 Å². The van der Waals surface area contributed by atoms with E-state index in [4.69, 9.17) is 0 Å². The third-order valence-corrected chi connectivity index (χ3v) is 5.12. The number of rotatable bonds is 5. The first kappa shape index (κ1) is 17.0. The maximum Gasteiger partial charge on any atom is 0.245 e. The van der Waals surface area contributed by atoms with Crippen LogP contribution in [0.1, 0.15) is 62.6 Å². The smallest absolute Gasteiger partial charge is 0.245 e. The second kappa shape index (κ2) is 6.93. The Bertz CT molecular complexity index is 625. The summed E-state index contributed by atoms with van der Waals surface area (Å²) in [6.07, 6.45) is 2.69. The molecular weight excluding hydrogens is 304 g/mol. The van der Waals surface area contributed by atoms with Gasteiger partial charge in [0.1, 0.15) is 6.04 Å². The number of amides is 2. The molecule has 0 aromatic heterocycles. The molecule has 3 N–H and O–H groups in total. The second-order valence-corrected chi connectivity index (χ2v) is 7.17. The van der Waals surface area contributed by atoms with Crippen LogP contribution in [0.25, 0.3) is 0 Å². The van der Waals surface area contributed by atoms with Crippen molar-refractivity contribution in [3.05, 3.63) is 35.4 Å². The zero-order valence-corrected chi connectivity index (χ0v) is 14.3. The Labute approximate surface area is 142 Å². The van der Waals surface area contributed by atoms with Gasteiger partial charge in [0.25, 0.3) is 0 Å². The molecule has 24 heavy (non-hydrogen) atoms. The normalized spacial score (nSPS) is 25.3. The second-order valence-electron chi connectivity index (χ2n) is 7.17. The lowest BCUT2D eigenvalue weighted by atomic mass is 9.81. The van der Waals surface area contributed by atoms with E-state index in [-0.39, 0.29) is 23.8 Å². The molecule has 0 unspecified atom stereocenters. The largest absolute Gasteiger partial charge is 0.391 e. The standard InChI is InChI=1S/C19H26N2O3/c1-11-7-10-16(15-6-4-3-5-14(11)15)20-19(24)17(12(2)22)21-18(23)13-8-9-13/h3-6,11-13,16-17,22H,7-10H2,1-2H3,(H,20,24)(H,21,23)/t11-,12-,16+,17-/m1/s1. The maximum absolute atomic E-state index is 12.6. The number of aliphatic hydroxyl groups excluding tert-OH is 1. The molecule has 0 spiro atoms. The van der Waals surface area contributed by atoms with Gasteiger partial charge >= 0.3 is 0 Å². The van der Waals surface area contributed by atoms with E-state index in [9.17, 15) is 14.7 Å². The van der Waals surface area contributed by atoms with Crippen molar-refractivity contribution in [3.8, 4) is 0 Å². The molecule has 0 heterocycles. The predicted octanol–water partition coefficient (Wildman–Crippen LogP) is 2.02. The lowest BCUT2D eigenvalue weighted by molar-refractivity contribution is -0.132. The lowest BCUT2D eigenvalue weighted by Gasteiger charge is -2.32. The molecule has 1 aromatic carbocycles. The van der Waals surface area contributed by atoms with Gasteiger partial charge in [0, 0.05) is 5.92 Å². The number of aliphatic hydroxyl groups is 1. The zero-order valence-electron chi connectivity index (χ0n) is 14.3. The Morgan fingerprint density at radius 3 is 2.42 bits per heavy atom. The minimum Gasteiger partial charge on any atom is -0.391 e. The topological polar surface area (TPSA) is 78.4 Å². The third-order valence-electron chi connectivity index (χ3n) is 5.12. The van der Waals surface area contributed by atoms with Crippen LogP contribution in [0.2, 0.25) is 0 Å². The van der Waals surface area contributed by atoms with Crippen LogP contribution < -0.4 is 10.6 Å². The number of carbonyl (C=O) groups is 2. The van der Waals surface area contributed by atoms with Gasteiger partial charge < -0.3 is 15.7 Å². The molecular formula is C19H26N2O3. The summed E-state index contributed by atoms with van der Waals surface area (Å²) in [4.78, 5) is 24.6. The van der Waals surface area contributed by atoms with Gasteiger partial charge in [0.05, 0.1) is 12.1 Å². The van der Waals surface area contributed by atoms with Gasteiger partial charge in [-0.2, -0.15) is 0 Å². The lowest BCUT2D eigenvalue weighted by Crippen LogP contribution is -2.53. The van der Waals surface area contributed by atoms with E-state index in [2.05, 4.69) is 29.7 Å². The summed E-state index contributed by atoms with van der Waals surface area (Å²) in [7, 11) is 0. The summed E-state index contributed by atoms with van der Waals surface area (Å²) in [6.45, 7) is 3.74. The molecule has 1 fully saturated rings. The SMILES string of the molecule is C[C@@H]1CC[C@H](NC(=O)[C@H](NC(=O)C2CC2)[C@@H](C)O)c2ccccc21. The Morgan fingerprint density at radius 2 is 1.79 bits per heavy atom. The first-order valence-corrected chi connectivity index (χ1v) is 8.85. The molecule has 0 radical (unpaired) electrons. The Hall–Kier alpha value is -1.88. The summed E-state index contributed by atoms with van der Waals surface area (Å²) in [5.74, 6) is 0.0499. The van der Waals surface area contributed by atoms with Gasteiger partial charge in [-0.05, 0) is 49.7 Å². The van der Waals surface area contributed by atoms with Gasteiger partial charge in [-0.1, -0.05) is 31.2 Å².